The fourth-order valence-electron chi connectivity index (χ4n) is 2.72. The van der Waals surface area contributed by atoms with Gasteiger partial charge in [0.25, 0.3) is 0 Å². The van der Waals surface area contributed by atoms with E-state index in [9.17, 15) is 0 Å². The van der Waals surface area contributed by atoms with E-state index in [4.69, 9.17) is 4.98 Å². The van der Waals surface area contributed by atoms with E-state index in [0.717, 1.165) is 41.4 Å². The van der Waals surface area contributed by atoms with Gasteiger partial charge in [-0.2, -0.15) is 0 Å². The summed E-state index contributed by atoms with van der Waals surface area (Å²) in [5.41, 5.74) is 2.81. The number of rotatable bonds is 3. The summed E-state index contributed by atoms with van der Waals surface area (Å²) in [5, 5.41) is 3.14. The number of anilines is 2. The van der Waals surface area contributed by atoms with Crippen LogP contribution in [-0.2, 0) is 13.0 Å². The summed E-state index contributed by atoms with van der Waals surface area (Å²) in [5.74, 6) is 3.11. The third-order valence-corrected chi connectivity index (χ3v) is 4.50. The molecule has 0 unspecified atom stereocenters. The molecule has 0 atom stereocenters. The molecular weight excluding hydrogens is 340 g/mol. The summed E-state index contributed by atoms with van der Waals surface area (Å²) in [6, 6.07) is 8.58. The number of hydrogen-bond acceptors (Lipinski definition) is 4. The SMILES string of the molecule is CNc1cc(N2CCc3cc(Br)ccc3C2)nc(C(C)C)n1. The first-order valence-electron chi connectivity index (χ1n) is 7.66. The Kier molecular flexibility index (Phi) is 4.34. The van der Waals surface area contributed by atoms with E-state index in [0.29, 0.717) is 5.92 Å². The molecule has 1 aromatic heterocycles. The molecule has 2 heterocycles. The van der Waals surface area contributed by atoms with Gasteiger partial charge in [0.1, 0.15) is 17.5 Å². The van der Waals surface area contributed by atoms with Gasteiger partial charge in [0.05, 0.1) is 0 Å². The third-order valence-electron chi connectivity index (χ3n) is 4.01. The Bertz CT molecular complexity index is 684. The molecule has 0 fully saturated rings. The molecule has 0 spiro atoms. The predicted molar refractivity (Wildman–Crippen MR) is 94.6 cm³/mol. The summed E-state index contributed by atoms with van der Waals surface area (Å²) in [6.45, 7) is 6.14. The summed E-state index contributed by atoms with van der Waals surface area (Å²) in [4.78, 5) is 11.6. The van der Waals surface area contributed by atoms with Crippen molar-refractivity contribution in [2.24, 2.45) is 0 Å². The van der Waals surface area contributed by atoms with Crippen LogP contribution in [0.5, 0.6) is 0 Å². The smallest absolute Gasteiger partial charge is 0.135 e. The molecule has 1 N–H and O–H groups in total. The molecule has 0 saturated carbocycles. The topological polar surface area (TPSA) is 41.0 Å². The maximum absolute atomic E-state index is 4.76. The van der Waals surface area contributed by atoms with Gasteiger partial charge in [-0.3, -0.25) is 0 Å². The zero-order valence-electron chi connectivity index (χ0n) is 13.2. The highest BCUT2D eigenvalue weighted by Crippen LogP contribution is 2.27. The predicted octanol–water partition coefficient (Wildman–Crippen LogP) is 3.97. The third kappa shape index (κ3) is 3.09. The van der Waals surface area contributed by atoms with Crippen molar-refractivity contribution in [2.75, 3.05) is 23.8 Å². The average molecular weight is 361 g/mol. The quantitative estimate of drug-likeness (QED) is 0.898. The first-order valence-corrected chi connectivity index (χ1v) is 8.45. The largest absolute Gasteiger partial charge is 0.373 e. The normalized spacial score (nSPS) is 14.1. The Morgan fingerprint density at radius 1 is 1.18 bits per heavy atom. The van der Waals surface area contributed by atoms with Crippen LogP contribution in [0.1, 0.15) is 36.7 Å². The number of benzene rings is 1. The van der Waals surface area contributed by atoms with Crippen molar-refractivity contribution in [3.63, 3.8) is 0 Å². The van der Waals surface area contributed by atoms with Gasteiger partial charge in [-0.05, 0) is 29.7 Å². The van der Waals surface area contributed by atoms with Gasteiger partial charge >= 0.3 is 0 Å². The molecule has 0 aliphatic carbocycles. The average Bonchev–Trinajstić information content (AvgIpc) is 2.53. The summed E-state index contributed by atoms with van der Waals surface area (Å²) in [6.07, 6.45) is 1.05. The van der Waals surface area contributed by atoms with Gasteiger partial charge in [-0.1, -0.05) is 35.8 Å². The van der Waals surface area contributed by atoms with E-state index in [1.807, 2.05) is 13.1 Å². The van der Waals surface area contributed by atoms with Crippen LogP contribution in [0.15, 0.2) is 28.7 Å². The summed E-state index contributed by atoms with van der Waals surface area (Å²) < 4.78 is 1.15. The number of nitrogens with zero attached hydrogens (tertiary/aromatic N) is 3. The van der Waals surface area contributed by atoms with Crippen LogP contribution in [0.2, 0.25) is 0 Å². The first-order chi connectivity index (χ1) is 10.6. The van der Waals surface area contributed by atoms with Crippen molar-refractivity contribution >= 4 is 27.6 Å². The van der Waals surface area contributed by atoms with Crippen molar-refractivity contribution in [1.82, 2.24) is 9.97 Å². The molecule has 1 aliphatic heterocycles. The van der Waals surface area contributed by atoms with Crippen LogP contribution in [0.4, 0.5) is 11.6 Å². The molecule has 3 rings (SSSR count). The number of hydrogen-bond donors (Lipinski definition) is 1. The van der Waals surface area contributed by atoms with Gasteiger partial charge in [0.2, 0.25) is 0 Å². The highest BCUT2D eigenvalue weighted by atomic mass is 79.9. The summed E-state index contributed by atoms with van der Waals surface area (Å²) >= 11 is 3.55. The van der Waals surface area contributed by atoms with Crippen LogP contribution < -0.4 is 10.2 Å². The van der Waals surface area contributed by atoms with Gasteiger partial charge in [0, 0.05) is 36.6 Å². The van der Waals surface area contributed by atoms with E-state index in [-0.39, 0.29) is 0 Å². The Morgan fingerprint density at radius 3 is 2.73 bits per heavy atom. The summed E-state index contributed by atoms with van der Waals surface area (Å²) in [7, 11) is 1.90. The first kappa shape index (κ1) is 15.3. The van der Waals surface area contributed by atoms with Crippen LogP contribution in [-0.4, -0.2) is 23.6 Å². The minimum absolute atomic E-state index is 0.320. The second-order valence-electron chi connectivity index (χ2n) is 5.96. The molecule has 4 nitrogen and oxygen atoms in total. The lowest BCUT2D eigenvalue weighted by atomic mass is 10.00. The molecule has 5 heteroatoms. The van der Waals surface area contributed by atoms with E-state index in [1.54, 1.807) is 0 Å². The van der Waals surface area contributed by atoms with E-state index in [1.165, 1.54) is 11.1 Å². The molecule has 0 bridgehead atoms. The van der Waals surface area contributed by atoms with Crippen molar-refractivity contribution in [2.45, 2.75) is 32.7 Å². The maximum Gasteiger partial charge on any atom is 0.135 e. The van der Waals surface area contributed by atoms with Crippen molar-refractivity contribution in [3.8, 4) is 0 Å². The Hall–Kier alpha value is -1.62. The number of aromatic nitrogens is 2. The molecule has 2 aromatic rings. The van der Waals surface area contributed by atoms with Crippen molar-refractivity contribution < 1.29 is 0 Å². The molecule has 1 aromatic carbocycles. The lowest BCUT2D eigenvalue weighted by Gasteiger charge is -2.30. The molecule has 0 saturated heterocycles. The van der Waals surface area contributed by atoms with Crippen molar-refractivity contribution in [3.05, 3.63) is 45.7 Å². The standard InChI is InChI=1S/C17H21BrN4/c1-11(2)17-20-15(19-3)9-16(21-17)22-7-6-12-8-14(18)5-4-13(12)10-22/h4-5,8-9,11H,6-7,10H2,1-3H3,(H,19,20,21). The van der Waals surface area contributed by atoms with Crippen LogP contribution in [0, 0.1) is 0 Å². The minimum atomic E-state index is 0.320. The minimum Gasteiger partial charge on any atom is -0.373 e. The molecule has 1 aliphatic rings. The van der Waals surface area contributed by atoms with Crippen LogP contribution in [0.25, 0.3) is 0 Å². The Labute approximate surface area is 140 Å². The molecule has 22 heavy (non-hydrogen) atoms. The molecule has 0 radical (unpaired) electrons. The van der Waals surface area contributed by atoms with Gasteiger partial charge in [-0.15, -0.1) is 0 Å². The van der Waals surface area contributed by atoms with Gasteiger partial charge in [0.15, 0.2) is 0 Å². The highest BCUT2D eigenvalue weighted by molar-refractivity contribution is 9.10. The second kappa shape index (κ2) is 6.24. The van der Waals surface area contributed by atoms with E-state index >= 15 is 0 Å². The molecule has 116 valence electrons. The zero-order chi connectivity index (χ0) is 15.7. The monoisotopic (exact) mass is 360 g/mol. The highest BCUT2D eigenvalue weighted by Gasteiger charge is 2.19. The second-order valence-corrected chi connectivity index (χ2v) is 6.87. The number of halogens is 1. The molecule has 0 amide bonds. The fraction of sp³-hybridized carbons (Fsp3) is 0.412. The van der Waals surface area contributed by atoms with E-state index in [2.05, 4.69) is 63.2 Å². The van der Waals surface area contributed by atoms with Crippen LogP contribution >= 0.6 is 15.9 Å². The van der Waals surface area contributed by atoms with E-state index < -0.39 is 0 Å². The Morgan fingerprint density at radius 2 is 2.00 bits per heavy atom. The van der Waals surface area contributed by atoms with Gasteiger partial charge < -0.3 is 10.2 Å². The lowest BCUT2D eigenvalue weighted by molar-refractivity contribution is 0.703. The zero-order valence-corrected chi connectivity index (χ0v) is 14.8. The number of nitrogens with one attached hydrogen (secondary N) is 1. The Balaban J connectivity index is 1.92. The van der Waals surface area contributed by atoms with Crippen molar-refractivity contribution in [1.29, 1.82) is 0 Å². The van der Waals surface area contributed by atoms with Gasteiger partial charge in [-0.25, -0.2) is 9.97 Å². The lowest BCUT2D eigenvalue weighted by Crippen LogP contribution is -2.31. The molecular formula is C17H21BrN4. The van der Waals surface area contributed by atoms with Crippen LogP contribution in [0.3, 0.4) is 0 Å². The fourth-order valence-corrected chi connectivity index (χ4v) is 3.13. The number of fused-ring (bicyclic) bond motifs is 1. The maximum atomic E-state index is 4.76.